The van der Waals surface area contributed by atoms with E-state index in [1.807, 2.05) is 12.1 Å². The predicted molar refractivity (Wildman–Crippen MR) is 130 cm³/mol. The molecule has 2 aromatic heterocycles. The molecule has 0 aliphatic carbocycles. The molecule has 178 valence electrons. The first-order valence-electron chi connectivity index (χ1n) is 11.0. The fraction of sp³-hybridized carbons (Fsp3) is 0.192. The van der Waals surface area contributed by atoms with Crippen molar-refractivity contribution in [3.63, 3.8) is 0 Å². The highest BCUT2D eigenvalue weighted by Gasteiger charge is 2.48. The van der Waals surface area contributed by atoms with Gasteiger partial charge in [-0.05, 0) is 42.0 Å². The lowest BCUT2D eigenvalue weighted by molar-refractivity contribution is -0.0904. The average Bonchev–Trinajstić information content (AvgIpc) is 2.86. The van der Waals surface area contributed by atoms with Gasteiger partial charge in [-0.2, -0.15) is 0 Å². The monoisotopic (exact) mass is 489 g/mol. The number of hydrogen-bond acceptors (Lipinski definition) is 7. The van der Waals surface area contributed by atoms with Gasteiger partial charge in [-0.3, -0.25) is 14.8 Å². The summed E-state index contributed by atoms with van der Waals surface area (Å²) in [5, 5.41) is 11.7. The van der Waals surface area contributed by atoms with Crippen LogP contribution >= 0.6 is 0 Å². The van der Waals surface area contributed by atoms with Crippen molar-refractivity contribution < 1.29 is 23.1 Å². The molecule has 0 bridgehead atoms. The van der Waals surface area contributed by atoms with Crippen molar-refractivity contribution in [1.29, 1.82) is 0 Å². The summed E-state index contributed by atoms with van der Waals surface area (Å²) >= 11 is 0. The van der Waals surface area contributed by atoms with Crippen molar-refractivity contribution in [3.8, 4) is 5.75 Å². The van der Waals surface area contributed by atoms with Gasteiger partial charge in [0.2, 0.25) is 0 Å². The van der Waals surface area contributed by atoms with Crippen molar-refractivity contribution in [2.24, 2.45) is 0 Å². The molecule has 5 rings (SSSR count). The Balaban J connectivity index is 1.29. The fourth-order valence-electron chi connectivity index (χ4n) is 4.33. The van der Waals surface area contributed by atoms with E-state index >= 15 is 0 Å². The molecule has 0 atom stereocenters. The summed E-state index contributed by atoms with van der Waals surface area (Å²) in [6, 6.07) is 18.6. The molecule has 2 aromatic carbocycles. The first-order valence-corrected chi connectivity index (χ1v) is 12.6. The van der Waals surface area contributed by atoms with Crippen LogP contribution in [-0.4, -0.2) is 54.5 Å². The Labute approximate surface area is 202 Å². The first-order chi connectivity index (χ1) is 16.8. The molecule has 9 heteroatoms. The Morgan fingerprint density at radius 3 is 2.43 bits per heavy atom. The number of fused-ring (bicyclic) bond motifs is 1. The van der Waals surface area contributed by atoms with Gasteiger partial charge in [0.25, 0.3) is 5.91 Å². The van der Waals surface area contributed by atoms with Crippen LogP contribution in [0.25, 0.3) is 10.9 Å². The third-order valence-corrected chi connectivity index (χ3v) is 7.82. The van der Waals surface area contributed by atoms with Crippen molar-refractivity contribution >= 4 is 26.6 Å². The van der Waals surface area contributed by atoms with Crippen LogP contribution in [0, 0.1) is 0 Å². The minimum atomic E-state index is -3.65. The molecule has 1 N–H and O–H groups in total. The Bertz CT molecular complexity index is 1510. The predicted octanol–water partition coefficient (Wildman–Crippen LogP) is 2.96. The molecule has 1 aliphatic rings. The Kier molecular flexibility index (Phi) is 5.74. The number of amides is 1. The van der Waals surface area contributed by atoms with Crippen LogP contribution in [0.3, 0.4) is 0 Å². The summed E-state index contributed by atoms with van der Waals surface area (Å²) in [7, 11) is -2.14. The van der Waals surface area contributed by atoms with Crippen LogP contribution in [0.5, 0.6) is 5.75 Å². The van der Waals surface area contributed by atoms with E-state index < -0.39 is 15.4 Å². The van der Waals surface area contributed by atoms with E-state index in [1.54, 1.807) is 67.0 Å². The molecular formula is C26H23N3O5S. The second kappa shape index (κ2) is 8.75. The molecule has 35 heavy (non-hydrogen) atoms. The van der Waals surface area contributed by atoms with E-state index in [2.05, 4.69) is 9.97 Å². The number of aliphatic hydroxyl groups is 1. The van der Waals surface area contributed by atoms with Gasteiger partial charge in [0.1, 0.15) is 17.0 Å². The average molecular weight is 490 g/mol. The number of ether oxygens (including phenoxy) is 1. The van der Waals surface area contributed by atoms with Crippen LogP contribution in [0.15, 0.2) is 84.0 Å². The molecule has 1 amide bonds. The number of sulfone groups is 1. The molecule has 1 fully saturated rings. The summed E-state index contributed by atoms with van der Waals surface area (Å²) < 4.78 is 31.5. The molecule has 1 aliphatic heterocycles. The zero-order chi connectivity index (χ0) is 24.6. The third-order valence-electron chi connectivity index (χ3n) is 6.11. The topological polar surface area (TPSA) is 110 Å². The van der Waals surface area contributed by atoms with Gasteiger partial charge in [-0.25, -0.2) is 8.42 Å². The highest BCUT2D eigenvalue weighted by Crippen LogP contribution is 2.36. The normalized spacial score (nSPS) is 15.0. The van der Waals surface area contributed by atoms with E-state index in [4.69, 9.17) is 4.74 Å². The number of β-amino-alcohol motifs (C(OH)–C–C–N with tert-alkyl or cyclic N) is 1. The maximum atomic E-state index is 13.1. The summed E-state index contributed by atoms with van der Waals surface area (Å²) in [4.78, 5) is 23.1. The SMILES string of the molecule is COc1cccnc1C1(O)CN(C(=O)c2ccc(CS(=O)(=O)c3cccc4cccnc34)cc2)C1. The first kappa shape index (κ1) is 22.9. The minimum absolute atomic E-state index is 0.0867. The van der Waals surface area contributed by atoms with Crippen LogP contribution in [0.1, 0.15) is 21.6 Å². The Morgan fingerprint density at radius 2 is 1.69 bits per heavy atom. The maximum Gasteiger partial charge on any atom is 0.254 e. The largest absolute Gasteiger partial charge is 0.495 e. The summed E-state index contributed by atoms with van der Waals surface area (Å²) in [5.74, 6) is 0.00592. The number of benzene rings is 2. The second-order valence-corrected chi connectivity index (χ2v) is 10.5. The molecular weight excluding hydrogens is 466 g/mol. The summed E-state index contributed by atoms with van der Waals surface area (Å²) in [6.07, 6.45) is 3.14. The molecule has 0 spiro atoms. The van der Waals surface area contributed by atoms with E-state index in [9.17, 15) is 18.3 Å². The smallest absolute Gasteiger partial charge is 0.254 e. The maximum absolute atomic E-state index is 13.1. The number of carbonyl (C=O) groups is 1. The van der Waals surface area contributed by atoms with Crippen LogP contribution < -0.4 is 4.74 Å². The molecule has 8 nitrogen and oxygen atoms in total. The zero-order valence-corrected chi connectivity index (χ0v) is 19.8. The third kappa shape index (κ3) is 4.24. The van der Waals surface area contributed by atoms with Crippen molar-refractivity contribution in [2.45, 2.75) is 16.2 Å². The van der Waals surface area contributed by atoms with Gasteiger partial charge >= 0.3 is 0 Å². The molecule has 0 saturated carbocycles. The Morgan fingerprint density at radius 1 is 1.00 bits per heavy atom. The lowest BCUT2D eigenvalue weighted by Crippen LogP contribution is -2.61. The van der Waals surface area contributed by atoms with Crippen molar-refractivity contribution in [1.82, 2.24) is 14.9 Å². The lowest BCUT2D eigenvalue weighted by atomic mass is 9.88. The quantitative estimate of drug-likeness (QED) is 0.443. The van der Waals surface area contributed by atoms with Gasteiger partial charge in [-0.1, -0.05) is 30.3 Å². The number of aromatic nitrogens is 2. The number of likely N-dealkylation sites (tertiary alicyclic amines) is 1. The fourth-order valence-corrected chi connectivity index (χ4v) is 5.87. The summed E-state index contributed by atoms with van der Waals surface area (Å²) in [5.41, 5.74) is 0.537. The van der Waals surface area contributed by atoms with E-state index in [1.165, 1.54) is 12.0 Å². The van der Waals surface area contributed by atoms with Gasteiger partial charge < -0.3 is 14.7 Å². The van der Waals surface area contributed by atoms with E-state index in [0.717, 1.165) is 5.39 Å². The molecule has 4 aromatic rings. The van der Waals surface area contributed by atoms with Gasteiger partial charge in [0, 0.05) is 23.3 Å². The van der Waals surface area contributed by atoms with Crippen LogP contribution in [0.2, 0.25) is 0 Å². The van der Waals surface area contributed by atoms with Gasteiger partial charge in [0.05, 0.1) is 36.4 Å². The highest BCUT2D eigenvalue weighted by molar-refractivity contribution is 7.90. The van der Waals surface area contributed by atoms with Crippen LogP contribution in [-0.2, 0) is 21.2 Å². The van der Waals surface area contributed by atoms with Crippen molar-refractivity contribution in [3.05, 3.63) is 95.9 Å². The molecule has 0 radical (unpaired) electrons. The highest BCUT2D eigenvalue weighted by atomic mass is 32.2. The number of para-hydroxylation sites is 1. The zero-order valence-electron chi connectivity index (χ0n) is 19.0. The van der Waals surface area contributed by atoms with E-state index in [0.29, 0.717) is 28.1 Å². The number of carbonyl (C=O) groups excluding carboxylic acids is 1. The molecule has 0 unspecified atom stereocenters. The van der Waals surface area contributed by atoms with Crippen molar-refractivity contribution in [2.75, 3.05) is 20.2 Å². The lowest BCUT2D eigenvalue weighted by Gasteiger charge is -2.46. The minimum Gasteiger partial charge on any atom is -0.495 e. The number of methoxy groups -OCH3 is 1. The van der Waals surface area contributed by atoms with Gasteiger partial charge in [0.15, 0.2) is 9.84 Å². The number of nitrogens with zero attached hydrogens (tertiary/aromatic N) is 3. The molecule has 3 heterocycles. The number of hydrogen-bond donors (Lipinski definition) is 1. The van der Waals surface area contributed by atoms with Crippen LogP contribution in [0.4, 0.5) is 0 Å². The van der Waals surface area contributed by atoms with E-state index in [-0.39, 0.29) is 29.6 Å². The number of rotatable bonds is 6. The van der Waals surface area contributed by atoms with Gasteiger partial charge in [-0.15, -0.1) is 0 Å². The second-order valence-electron chi connectivity index (χ2n) is 8.53. The standard InChI is InChI=1S/C26H23N3O5S/c1-34-21-7-4-14-28-24(21)26(31)16-29(17-26)25(30)20-11-9-18(10-12-20)15-35(32,33)22-8-2-5-19-6-3-13-27-23(19)22/h2-14,31H,15-17H2,1H3. The summed E-state index contributed by atoms with van der Waals surface area (Å²) in [6.45, 7) is 0.173. The Hall–Kier alpha value is -3.82. The number of pyridine rings is 2. The molecule has 1 saturated heterocycles.